The van der Waals surface area contributed by atoms with Crippen molar-refractivity contribution in [2.24, 2.45) is 5.10 Å². The van der Waals surface area contributed by atoms with Crippen molar-refractivity contribution in [3.05, 3.63) is 30.1 Å². The molecule has 0 aliphatic carbocycles. The van der Waals surface area contributed by atoms with Crippen LogP contribution in [0.25, 0.3) is 0 Å². The van der Waals surface area contributed by atoms with Crippen LogP contribution in [0, 0.1) is 0 Å². The number of carbonyl (C=O) groups excluding carboxylic acids is 1. The summed E-state index contributed by atoms with van der Waals surface area (Å²) < 4.78 is 0.939. The molecule has 2 heterocycles. The maximum atomic E-state index is 11.6. The number of hydrazone groups is 1. The second kappa shape index (κ2) is 5.91. The van der Waals surface area contributed by atoms with E-state index in [1.165, 1.54) is 6.42 Å². The molecular weight excluding hydrogens is 242 g/mol. The Labute approximate surface area is 102 Å². The Morgan fingerprint density at radius 2 is 2.00 bits per heavy atom. The van der Waals surface area contributed by atoms with Crippen molar-refractivity contribution >= 4 is 33.8 Å². The Balaban J connectivity index is 1.92. The van der Waals surface area contributed by atoms with Gasteiger partial charge in [-0.15, -0.1) is 0 Å². The largest absolute Gasteiger partial charge is 0.271 e. The highest BCUT2D eigenvalue weighted by Gasteiger charge is 2.09. The molecule has 1 N–H and O–H groups in total. The van der Waals surface area contributed by atoms with Crippen molar-refractivity contribution in [1.82, 2.24) is 10.4 Å². The summed E-state index contributed by atoms with van der Waals surface area (Å²) in [5, 5.41) is 4.08. The molecular formula is C10H11N3OS2. The number of thioether (sulfide) groups is 2. The fourth-order valence-corrected chi connectivity index (χ4v) is 3.31. The molecule has 2 rings (SSSR count). The first-order chi connectivity index (χ1) is 7.86. The normalized spacial score (nSPS) is 15.6. The molecule has 1 aromatic heterocycles. The minimum absolute atomic E-state index is 0.193. The Hall–Kier alpha value is -1.01. The molecule has 0 unspecified atom stereocenters. The van der Waals surface area contributed by atoms with E-state index in [0.717, 1.165) is 15.9 Å². The number of nitrogens with one attached hydrogen (secondary N) is 1. The minimum Gasteiger partial charge on any atom is -0.267 e. The van der Waals surface area contributed by atoms with E-state index < -0.39 is 0 Å². The second-order valence-electron chi connectivity index (χ2n) is 3.11. The summed E-state index contributed by atoms with van der Waals surface area (Å²) in [7, 11) is 0. The van der Waals surface area contributed by atoms with Gasteiger partial charge < -0.3 is 0 Å². The summed E-state index contributed by atoms with van der Waals surface area (Å²) >= 11 is 3.37. The van der Waals surface area contributed by atoms with Crippen LogP contribution < -0.4 is 5.43 Å². The smallest absolute Gasteiger partial charge is 0.267 e. The number of amides is 1. The molecule has 0 saturated carbocycles. The number of nitrogens with zero attached hydrogens (tertiary/aromatic N) is 2. The quantitative estimate of drug-likeness (QED) is 0.819. The average Bonchev–Trinajstić information content (AvgIpc) is 2.38. The Morgan fingerprint density at radius 1 is 1.31 bits per heavy atom. The van der Waals surface area contributed by atoms with Crippen molar-refractivity contribution in [1.29, 1.82) is 0 Å². The molecule has 6 heteroatoms. The van der Waals surface area contributed by atoms with Crippen LogP contribution in [-0.2, 0) is 0 Å². The van der Waals surface area contributed by atoms with Gasteiger partial charge in [-0.3, -0.25) is 9.78 Å². The zero-order chi connectivity index (χ0) is 11.2. The lowest BCUT2D eigenvalue weighted by molar-refractivity contribution is 0.0955. The highest BCUT2D eigenvalue weighted by molar-refractivity contribution is 8.39. The summed E-state index contributed by atoms with van der Waals surface area (Å²) in [6, 6.07) is 3.33. The van der Waals surface area contributed by atoms with Gasteiger partial charge in [0.05, 0.1) is 0 Å². The van der Waals surface area contributed by atoms with E-state index >= 15 is 0 Å². The van der Waals surface area contributed by atoms with Crippen LogP contribution in [0.2, 0.25) is 0 Å². The third-order valence-corrected chi connectivity index (χ3v) is 4.30. The van der Waals surface area contributed by atoms with Gasteiger partial charge in [-0.05, 0) is 18.6 Å². The topological polar surface area (TPSA) is 54.4 Å². The van der Waals surface area contributed by atoms with E-state index in [9.17, 15) is 4.79 Å². The summed E-state index contributed by atoms with van der Waals surface area (Å²) in [6.45, 7) is 0. The molecule has 1 amide bonds. The Kier molecular flexibility index (Phi) is 4.24. The first kappa shape index (κ1) is 11.5. The first-order valence-corrected chi connectivity index (χ1v) is 6.87. The van der Waals surface area contributed by atoms with E-state index in [2.05, 4.69) is 15.5 Å². The van der Waals surface area contributed by atoms with Crippen molar-refractivity contribution in [3.63, 3.8) is 0 Å². The number of hydrogen-bond donors (Lipinski definition) is 1. The van der Waals surface area contributed by atoms with Crippen LogP contribution in [0.15, 0.2) is 29.6 Å². The van der Waals surface area contributed by atoms with Crippen molar-refractivity contribution in [2.45, 2.75) is 6.42 Å². The van der Waals surface area contributed by atoms with Gasteiger partial charge in [0.25, 0.3) is 5.91 Å². The average molecular weight is 253 g/mol. The van der Waals surface area contributed by atoms with Gasteiger partial charge in [0, 0.05) is 29.5 Å². The van der Waals surface area contributed by atoms with Crippen LogP contribution >= 0.6 is 23.5 Å². The van der Waals surface area contributed by atoms with E-state index in [1.54, 1.807) is 48.1 Å². The third-order valence-electron chi connectivity index (χ3n) is 1.93. The van der Waals surface area contributed by atoms with E-state index in [1.807, 2.05) is 0 Å². The van der Waals surface area contributed by atoms with Gasteiger partial charge in [0.15, 0.2) is 0 Å². The number of rotatable bonds is 2. The van der Waals surface area contributed by atoms with E-state index in [-0.39, 0.29) is 5.91 Å². The zero-order valence-electron chi connectivity index (χ0n) is 8.55. The Morgan fingerprint density at radius 3 is 2.69 bits per heavy atom. The summed E-state index contributed by atoms with van der Waals surface area (Å²) in [4.78, 5) is 15.5. The predicted molar refractivity (Wildman–Crippen MR) is 68.7 cm³/mol. The molecule has 1 aromatic rings. The molecule has 1 saturated heterocycles. The van der Waals surface area contributed by atoms with Crippen molar-refractivity contribution in [2.75, 3.05) is 11.5 Å². The SMILES string of the molecule is O=C(NN=C1SCCCS1)c1ccncc1. The van der Waals surface area contributed by atoms with Crippen LogP contribution in [0.5, 0.6) is 0 Å². The van der Waals surface area contributed by atoms with Crippen LogP contribution in [0.3, 0.4) is 0 Å². The molecule has 84 valence electrons. The third kappa shape index (κ3) is 3.24. The summed E-state index contributed by atoms with van der Waals surface area (Å²) in [6.07, 6.45) is 4.38. The highest BCUT2D eigenvalue weighted by Crippen LogP contribution is 2.24. The molecule has 0 radical (unpaired) electrons. The summed E-state index contributed by atoms with van der Waals surface area (Å²) in [5.41, 5.74) is 3.12. The number of carbonyl (C=O) groups is 1. The fraction of sp³-hybridized carbons (Fsp3) is 0.300. The van der Waals surface area contributed by atoms with E-state index in [4.69, 9.17) is 0 Å². The summed E-state index contributed by atoms with van der Waals surface area (Å²) in [5.74, 6) is 1.97. The molecule has 0 spiro atoms. The van der Waals surface area contributed by atoms with Gasteiger partial charge >= 0.3 is 0 Å². The van der Waals surface area contributed by atoms with Crippen LogP contribution in [0.1, 0.15) is 16.8 Å². The molecule has 1 fully saturated rings. The van der Waals surface area contributed by atoms with E-state index in [0.29, 0.717) is 5.56 Å². The van der Waals surface area contributed by atoms with Gasteiger partial charge in [0.1, 0.15) is 4.38 Å². The van der Waals surface area contributed by atoms with Crippen molar-refractivity contribution in [3.8, 4) is 0 Å². The minimum atomic E-state index is -0.193. The maximum Gasteiger partial charge on any atom is 0.271 e. The predicted octanol–water partition coefficient (Wildman–Crippen LogP) is 1.95. The van der Waals surface area contributed by atoms with Crippen LogP contribution in [0.4, 0.5) is 0 Å². The van der Waals surface area contributed by atoms with Crippen LogP contribution in [-0.4, -0.2) is 26.8 Å². The lowest BCUT2D eigenvalue weighted by atomic mass is 10.3. The van der Waals surface area contributed by atoms with Crippen molar-refractivity contribution < 1.29 is 4.79 Å². The number of aromatic nitrogens is 1. The fourth-order valence-electron chi connectivity index (χ4n) is 1.15. The maximum absolute atomic E-state index is 11.6. The second-order valence-corrected chi connectivity index (χ2v) is 5.53. The molecule has 1 aliphatic rings. The molecule has 0 bridgehead atoms. The monoisotopic (exact) mass is 253 g/mol. The van der Waals surface area contributed by atoms with Gasteiger partial charge in [-0.25, -0.2) is 5.43 Å². The molecule has 4 nitrogen and oxygen atoms in total. The molecule has 0 aromatic carbocycles. The molecule has 16 heavy (non-hydrogen) atoms. The van der Waals surface area contributed by atoms with Gasteiger partial charge in [-0.1, -0.05) is 23.5 Å². The number of pyridine rings is 1. The molecule has 1 aliphatic heterocycles. The first-order valence-electron chi connectivity index (χ1n) is 4.90. The molecule has 0 atom stereocenters. The zero-order valence-corrected chi connectivity index (χ0v) is 10.2. The standard InChI is InChI=1S/C10H11N3OS2/c14-9(8-2-4-11-5-3-8)12-13-10-15-6-1-7-16-10/h2-5H,1,6-7H2,(H,12,14). The lowest BCUT2D eigenvalue weighted by Crippen LogP contribution is -2.19. The number of hydrogen-bond acceptors (Lipinski definition) is 5. The van der Waals surface area contributed by atoms with Gasteiger partial charge in [-0.2, -0.15) is 5.10 Å². The van der Waals surface area contributed by atoms with Gasteiger partial charge in [0.2, 0.25) is 0 Å². The highest BCUT2D eigenvalue weighted by atomic mass is 32.2. The lowest BCUT2D eigenvalue weighted by Gasteiger charge is -2.10. The Bertz CT molecular complexity index is 386.